The molecular weight excluding hydrogens is 517 g/mol. The van der Waals surface area contributed by atoms with Crippen LogP contribution in [0.25, 0.3) is 0 Å². The Morgan fingerprint density at radius 3 is 2.19 bits per heavy atom. The number of hydrogen-bond acceptors (Lipinski definition) is 3. The molecule has 0 unspecified atom stereocenters. The molecule has 2 aromatic rings. The molecule has 172 valence electrons. The third-order valence-corrected chi connectivity index (χ3v) is 5.10. The van der Waals surface area contributed by atoms with Gasteiger partial charge in [0.25, 0.3) is 5.91 Å². The van der Waals surface area contributed by atoms with Crippen LogP contribution in [-0.2, 0) is 17.9 Å². The lowest BCUT2D eigenvalue weighted by Gasteiger charge is -2.16. The number of benzene rings is 2. The summed E-state index contributed by atoms with van der Waals surface area (Å²) in [6.45, 7) is 7.26. The molecule has 3 rings (SSSR count). The van der Waals surface area contributed by atoms with Gasteiger partial charge < -0.3 is 20.9 Å². The van der Waals surface area contributed by atoms with Crippen LogP contribution in [0.2, 0.25) is 0 Å². The molecule has 0 aromatic heterocycles. The van der Waals surface area contributed by atoms with Crippen LogP contribution >= 0.6 is 24.0 Å². The number of anilines is 1. The Kier molecular flexibility index (Phi) is 10.5. The second-order valence-corrected chi connectivity index (χ2v) is 7.42. The third kappa shape index (κ3) is 7.22. The van der Waals surface area contributed by atoms with E-state index in [-0.39, 0.29) is 35.8 Å². The lowest BCUT2D eigenvalue weighted by atomic mass is 10.1. The summed E-state index contributed by atoms with van der Waals surface area (Å²) >= 11 is 0. The highest BCUT2D eigenvalue weighted by atomic mass is 127. The number of amides is 2. The smallest absolute Gasteiger partial charge is 0.251 e. The Morgan fingerprint density at radius 2 is 1.59 bits per heavy atom. The van der Waals surface area contributed by atoms with E-state index in [0.717, 1.165) is 42.3 Å². The number of hydrogen-bond donors (Lipinski definition) is 3. The topological polar surface area (TPSA) is 85.8 Å². The Labute approximate surface area is 207 Å². The maximum Gasteiger partial charge on any atom is 0.251 e. The van der Waals surface area contributed by atoms with Crippen molar-refractivity contribution in [3.05, 3.63) is 65.2 Å². The molecule has 8 heteroatoms. The molecular formula is C24H32IN5O2. The van der Waals surface area contributed by atoms with Gasteiger partial charge in [0.15, 0.2) is 5.96 Å². The minimum absolute atomic E-state index is 0. The highest BCUT2D eigenvalue weighted by Crippen LogP contribution is 2.21. The van der Waals surface area contributed by atoms with Crippen molar-refractivity contribution in [2.24, 2.45) is 4.99 Å². The van der Waals surface area contributed by atoms with E-state index >= 15 is 0 Å². The van der Waals surface area contributed by atoms with E-state index < -0.39 is 0 Å². The van der Waals surface area contributed by atoms with E-state index in [0.29, 0.717) is 31.6 Å². The standard InChI is InChI=1S/C24H31N5O2.HI/c1-3-25-23(31)20-11-7-18(8-12-20)16-27-24(26-4-2)28-17-19-9-13-21(14-10-19)29-15-5-6-22(29)30;/h7-14H,3-6,15-17H2,1-2H3,(H,25,31)(H2,26,27,28);1H. The fraction of sp³-hybridized carbons (Fsp3) is 0.375. The van der Waals surface area contributed by atoms with E-state index in [9.17, 15) is 9.59 Å². The fourth-order valence-electron chi connectivity index (χ4n) is 3.44. The number of nitrogens with one attached hydrogen (secondary N) is 3. The van der Waals surface area contributed by atoms with E-state index in [1.165, 1.54) is 0 Å². The van der Waals surface area contributed by atoms with Crippen molar-refractivity contribution in [2.45, 2.75) is 39.8 Å². The fourth-order valence-corrected chi connectivity index (χ4v) is 3.44. The van der Waals surface area contributed by atoms with Crippen molar-refractivity contribution in [1.29, 1.82) is 0 Å². The number of carbonyl (C=O) groups is 2. The maximum atomic E-state index is 11.9. The van der Waals surface area contributed by atoms with Gasteiger partial charge in [-0.15, -0.1) is 24.0 Å². The van der Waals surface area contributed by atoms with Gasteiger partial charge in [0.2, 0.25) is 5.91 Å². The second-order valence-electron chi connectivity index (χ2n) is 7.42. The minimum atomic E-state index is -0.0583. The molecule has 3 N–H and O–H groups in total. The molecule has 2 amide bonds. The molecule has 1 aliphatic rings. The van der Waals surface area contributed by atoms with E-state index in [1.54, 1.807) is 0 Å². The van der Waals surface area contributed by atoms with Crippen molar-refractivity contribution >= 4 is 47.4 Å². The van der Waals surface area contributed by atoms with Gasteiger partial charge in [0.05, 0.1) is 6.54 Å². The Balaban J connectivity index is 0.00000363. The van der Waals surface area contributed by atoms with Gasteiger partial charge in [0.1, 0.15) is 0 Å². The van der Waals surface area contributed by atoms with Gasteiger partial charge >= 0.3 is 0 Å². The molecule has 0 spiro atoms. The van der Waals surface area contributed by atoms with Crippen LogP contribution in [0.15, 0.2) is 53.5 Å². The SMILES string of the molecule is CCNC(=O)c1ccc(CNC(=NCc2ccc(N3CCCC3=O)cc2)NCC)cc1.I. The average Bonchev–Trinajstić information content (AvgIpc) is 3.22. The number of nitrogens with zero attached hydrogens (tertiary/aromatic N) is 2. The first-order valence-electron chi connectivity index (χ1n) is 10.9. The van der Waals surface area contributed by atoms with E-state index in [4.69, 9.17) is 0 Å². The summed E-state index contributed by atoms with van der Waals surface area (Å²) in [5, 5.41) is 9.38. The molecule has 0 saturated carbocycles. The largest absolute Gasteiger partial charge is 0.357 e. The Bertz CT molecular complexity index is 913. The summed E-state index contributed by atoms with van der Waals surface area (Å²) in [4.78, 5) is 30.3. The van der Waals surface area contributed by atoms with Crippen LogP contribution in [0, 0.1) is 0 Å². The quantitative estimate of drug-likeness (QED) is 0.268. The van der Waals surface area contributed by atoms with Crippen molar-refractivity contribution < 1.29 is 9.59 Å². The van der Waals surface area contributed by atoms with Crippen LogP contribution < -0.4 is 20.9 Å². The lowest BCUT2D eigenvalue weighted by Crippen LogP contribution is -2.36. The molecule has 2 aromatic carbocycles. The molecule has 1 aliphatic heterocycles. The first kappa shape index (κ1) is 25.6. The molecule has 1 saturated heterocycles. The predicted octanol–water partition coefficient (Wildman–Crippen LogP) is 3.44. The molecule has 32 heavy (non-hydrogen) atoms. The first-order chi connectivity index (χ1) is 15.1. The third-order valence-electron chi connectivity index (χ3n) is 5.10. The van der Waals surface area contributed by atoms with E-state index in [1.807, 2.05) is 67.3 Å². The number of halogens is 1. The molecule has 1 fully saturated rings. The van der Waals surface area contributed by atoms with Crippen LogP contribution in [-0.4, -0.2) is 37.4 Å². The number of rotatable bonds is 8. The van der Waals surface area contributed by atoms with Gasteiger partial charge in [-0.25, -0.2) is 4.99 Å². The monoisotopic (exact) mass is 549 g/mol. The zero-order valence-corrected chi connectivity index (χ0v) is 21.0. The maximum absolute atomic E-state index is 11.9. The zero-order chi connectivity index (χ0) is 22.1. The molecule has 7 nitrogen and oxygen atoms in total. The first-order valence-corrected chi connectivity index (χ1v) is 10.9. The molecule has 1 heterocycles. The molecule has 0 atom stereocenters. The average molecular weight is 549 g/mol. The van der Waals surface area contributed by atoms with Crippen LogP contribution in [0.4, 0.5) is 5.69 Å². The summed E-state index contributed by atoms with van der Waals surface area (Å²) in [5.74, 6) is 0.870. The summed E-state index contributed by atoms with van der Waals surface area (Å²) in [7, 11) is 0. The van der Waals surface area contributed by atoms with Crippen molar-refractivity contribution in [2.75, 3.05) is 24.5 Å². The van der Waals surface area contributed by atoms with Gasteiger partial charge in [0, 0.05) is 43.9 Å². The van der Waals surface area contributed by atoms with Crippen LogP contribution in [0.1, 0.15) is 48.2 Å². The second kappa shape index (κ2) is 13.0. The highest BCUT2D eigenvalue weighted by molar-refractivity contribution is 14.0. The Morgan fingerprint density at radius 1 is 0.938 bits per heavy atom. The van der Waals surface area contributed by atoms with Crippen LogP contribution in [0.3, 0.4) is 0 Å². The van der Waals surface area contributed by atoms with Crippen LogP contribution in [0.5, 0.6) is 0 Å². The van der Waals surface area contributed by atoms with Gasteiger partial charge in [-0.1, -0.05) is 24.3 Å². The summed E-state index contributed by atoms with van der Waals surface area (Å²) in [6.07, 6.45) is 1.57. The normalized spacial score (nSPS) is 13.5. The van der Waals surface area contributed by atoms with Crippen molar-refractivity contribution in [3.8, 4) is 0 Å². The van der Waals surface area contributed by atoms with Crippen molar-refractivity contribution in [3.63, 3.8) is 0 Å². The lowest BCUT2D eigenvalue weighted by molar-refractivity contribution is -0.117. The Hall–Kier alpha value is -2.62. The van der Waals surface area contributed by atoms with Gasteiger partial charge in [-0.3, -0.25) is 9.59 Å². The highest BCUT2D eigenvalue weighted by Gasteiger charge is 2.21. The van der Waals surface area contributed by atoms with E-state index in [2.05, 4.69) is 20.9 Å². The summed E-state index contributed by atoms with van der Waals surface area (Å²) < 4.78 is 0. The van der Waals surface area contributed by atoms with Crippen molar-refractivity contribution in [1.82, 2.24) is 16.0 Å². The van der Waals surface area contributed by atoms with Gasteiger partial charge in [-0.05, 0) is 55.7 Å². The number of carbonyl (C=O) groups excluding carboxylic acids is 2. The van der Waals surface area contributed by atoms with Gasteiger partial charge in [-0.2, -0.15) is 0 Å². The molecule has 0 radical (unpaired) electrons. The molecule has 0 aliphatic carbocycles. The number of guanidine groups is 1. The molecule has 0 bridgehead atoms. The summed E-state index contributed by atoms with van der Waals surface area (Å²) in [5.41, 5.74) is 3.76. The number of aliphatic imine (C=N–C) groups is 1. The predicted molar refractivity (Wildman–Crippen MR) is 140 cm³/mol. The zero-order valence-electron chi connectivity index (χ0n) is 18.7. The summed E-state index contributed by atoms with van der Waals surface area (Å²) in [6, 6.07) is 15.6. The minimum Gasteiger partial charge on any atom is -0.357 e.